The van der Waals surface area contributed by atoms with Gasteiger partial charge in [-0.05, 0) is 42.2 Å². The fourth-order valence-electron chi connectivity index (χ4n) is 2.61. The Bertz CT molecular complexity index is 688. The van der Waals surface area contributed by atoms with Crippen LogP contribution < -0.4 is 4.74 Å². The van der Waals surface area contributed by atoms with E-state index in [2.05, 4.69) is 0 Å². The average Bonchev–Trinajstić information content (AvgIpc) is 2.63. The highest BCUT2D eigenvalue weighted by Gasteiger charge is 2.15. The highest BCUT2D eigenvalue weighted by atomic mass is 19.1. The molecule has 1 atom stereocenters. The van der Waals surface area contributed by atoms with Crippen LogP contribution in [0.2, 0.25) is 0 Å². The Morgan fingerprint density at radius 1 is 1.20 bits per heavy atom. The highest BCUT2D eigenvalue weighted by molar-refractivity contribution is 5.75. The Balaban J connectivity index is 1.80. The first kappa shape index (κ1) is 18.9. The summed E-state index contributed by atoms with van der Waals surface area (Å²) in [6.45, 7) is 0.213. The number of benzene rings is 2. The van der Waals surface area contributed by atoms with Crippen molar-refractivity contribution < 1.29 is 19.0 Å². The molecule has 2 aromatic carbocycles. The number of likely N-dealkylation sites (N-methyl/N-ethyl adjacent to an activating group) is 1. The van der Waals surface area contributed by atoms with E-state index in [0.29, 0.717) is 30.6 Å². The number of aliphatic hydroxyl groups excluding tert-OH is 1. The molecule has 0 spiro atoms. The van der Waals surface area contributed by atoms with Crippen LogP contribution in [0.3, 0.4) is 0 Å². The van der Waals surface area contributed by atoms with E-state index in [-0.39, 0.29) is 18.3 Å². The van der Waals surface area contributed by atoms with E-state index in [4.69, 9.17) is 4.74 Å². The van der Waals surface area contributed by atoms with Crippen molar-refractivity contribution in [3.05, 3.63) is 65.5 Å². The number of halogens is 1. The van der Waals surface area contributed by atoms with Crippen molar-refractivity contribution >= 4 is 5.91 Å². The molecular formula is C20H24FNO3. The van der Waals surface area contributed by atoms with Gasteiger partial charge in [0.1, 0.15) is 11.6 Å². The zero-order valence-electron chi connectivity index (χ0n) is 14.6. The molecule has 2 rings (SSSR count). The van der Waals surface area contributed by atoms with Crippen LogP contribution >= 0.6 is 0 Å². The predicted octanol–water partition coefficient (Wildman–Crippen LogP) is 3.35. The average molecular weight is 345 g/mol. The third-order valence-electron chi connectivity index (χ3n) is 4.17. The number of aryl methyl sites for hydroxylation is 1. The third-order valence-corrected chi connectivity index (χ3v) is 4.17. The molecule has 5 heteroatoms. The van der Waals surface area contributed by atoms with Crippen LogP contribution in [0.15, 0.2) is 48.5 Å². The topological polar surface area (TPSA) is 49.8 Å². The first-order valence-corrected chi connectivity index (χ1v) is 8.30. The lowest BCUT2D eigenvalue weighted by molar-refractivity contribution is -0.131. The number of methoxy groups -OCH3 is 1. The zero-order chi connectivity index (χ0) is 18.2. The summed E-state index contributed by atoms with van der Waals surface area (Å²) in [6, 6.07) is 13.7. The summed E-state index contributed by atoms with van der Waals surface area (Å²) in [5.74, 6) is 0.413. The molecule has 4 nitrogen and oxygen atoms in total. The maximum atomic E-state index is 13.5. The minimum absolute atomic E-state index is 0.0658. The Morgan fingerprint density at radius 3 is 2.52 bits per heavy atom. The molecule has 0 aliphatic carbocycles. The van der Waals surface area contributed by atoms with Gasteiger partial charge in [-0.2, -0.15) is 0 Å². The van der Waals surface area contributed by atoms with Crippen molar-refractivity contribution in [1.82, 2.24) is 4.90 Å². The summed E-state index contributed by atoms with van der Waals surface area (Å²) >= 11 is 0. The minimum Gasteiger partial charge on any atom is -0.497 e. The Labute approximate surface area is 147 Å². The summed E-state index contributed by atoms with van der Waals surface area (Å²) < 4.78 is 18.6. The molecule has 0 fully saturated rings. The van der Waals surface area contributed by atoms with Crippen molar-refractivity contribution in [2.24, 2.45) is 0 Å². The van der Waals surface area contributed by atoms with E-state index in [1.807, 2.05) is 0 Å². The molecule has 0 radical (unpaired) electrons. The van der Waals surface area contributed by atoms with Gasteiger partial charge >= 0.3 is 0 Å². The molecule has 1 N–H and O–H groups in total. The van der Waals surface area contributed by atoms with Gasteiger partial charge in [-0.3, -0.25) is 4.79 Å². The summed E-state index contributed by atoms with van der Waals surface area (Å²) in [5, 5.41) is 10.3. The Morgan fingerprint density at radius 2 is 1.88 bits per heavy atom. The van der Waals surface area contributed by atoms with E-state index in [1.54, 1.807) is 56.6 Å². The monoisotopic (exact) mass is 345 g/mol. The number of hydrogen-bond donors (Lipinski definition) is 1. The van der Waals surface area contributed by atoms with Crippen LogP contribution in [0.4, 0.5) is 4.39 Å². The molecule has 25 heavy (non-hydrogen) atoms. The van der Waals surface area contributed by atoms with Gasteiger partial charge in [-0.1, -0.05) is 30.3 Å². The smallest absolute Gasteiger partial charge is 0.222 e. The van der Waals surface area contributed by atoms with Crippen molar-refractivity contribution in [1.29, 1.82) is 0 Å². The number of carbonyl (C=O) groups excluding carboxylic acids is 1. The second-order valence-electron chi connectivity index (χ2n) is 6.01. The molecular weight excluding hydrogens is 321 g/mol. The van der Waals surface area contributed by atoms with E-state index in [0.717, 1.165) is 5.56 Å². The van der Waals surface area contributed by atoms with Crippen LogP contribution in [0, 0.1) is 5.82 Å². The van der Waals surface area contributed by atoms with Crippen LogP contribution in [-0.4, -0.2) is 36.6 Å². The molecule has 0 saturated heterocycles. The highest BCUT2D eigenvalue weighted by Crippen LogP contribution is 2.18. The molecule has 2 aromatic rings. The standard InChI is InChI=1S/C20H24FNO3/c1-22(14-19(23)16-10-12-17(25-2)13-11-16)20(24)9-5-7-15-6-3-4-8-18(15)21/h3-4,6,8,10-13,19,23H,5,7,9,14H2,1-2H3. The largest absolute Gasteiger partial charge is 0.497 e. The summed E-state index contributed by atoms with van der Waals surface area (Å²) in [4.78, 5) is 13.7. The van der Waals surface area contributed by atoms with Crippen LogP contribution in [0.5, 0.6) is 5.75 Å². The van der Waals surface area contributed by atoms with Gasteiger partial charge in [-0.15, -0.1) is 0 Å². The molecule has 0 saturated carbocycles. The van der Waals surface area contributed by atoms with Gasteiger partial charge in [0.15, 0.2) is 0 Å². The Kier molecular flexibility index (Phi) is 6.95. The molecule has 0 aromatic heterocycles. The fraction of sp³-hybridized carbons (Fsp3) is 0.350. The van der Waals surface area contributed by atoms with Crippen LogP contribution in [-0.2, 0) is 11.2 Å². The molecule has 0 aliphatic rings. The molecule has 134 valence electrons. The zero-order valence-corrected chi connectivity index (χ0v) is 14.6. The number of amides is 1. The molecule has 0 heterocycles. The van der Waals surface area contributed by atoms with Gasteiger partial charge in [0.2, 0.25) is 5.91 Å². The third kappa shape index (κ3) is 5.57. The van der Waals surface area contributed by atoms with Gasteiger partial charge in [0.05, 0.1) is 19.8 Å². The number of rotatable bonds is 8. The van der Waals surface area contributed by atoms with Gasteiger partial charge < -0.3 is 14.7 Å². The molecule has 1 amide bonds. The number of aliphatic hydroxyl groups is 1. The Hall–Kier alpha value is -2.40. The van der Waals surface area contributed by atoms with Crippen molar-refractivity contribution in [3.8, 4) is 5.75 Å². The summed E-state index contributed by atoms with van der Waals surface area (Å²) in [6.07, 6.45) is 0.655. The second-order valence-corrected chi connectivity index (χ2v) is 6.01. The van der Waals surface area contributed by atoms with Crippen LogP contribution in [0.25, 0.3) is 0 Å². The summed E-state index contributed by atoms with van der Waals surface area (Å²) in [7, 11) is 3.25. The minimum atomic E-state index is -0.758. The lowest BCUT2D eigenvalue weighted by Crippen LogP contribution is -2.31. The first-order chi connectivity index (χ1) is 12.0. The van der Waals surface area contributed by atoms with Gasteiger partial charge in [0.25, 0.3) is 0 Å². The van der Waals surface area contributed by atoms with Crippen molar-refractivity contribution in [2.75, 3.05) is 20.7 Å². The summed E-state index contributed by atoms with van der Waals surface area (Å²) in [5.41, 5.74) is 1.35. The van der Waals surface area contributed by atoms with Crippen LogP contribution in [0.1, 0.15) is 30.1 Å². The van der Waals surface area contributed by atoms with E-state index >= 15 is 0 Å². The maximum absolute atomic E-state index is 13.5. The van der Waals surface area contributed by atoms with Crippen molar-refractivity contribution in [3.63, 3.8) is 0 Å². The van der Waals surface area contributed by atoms with Gasteiger partial charge in [0, 0.05) is 13.5 Å². The molecule has 0 aliphatic heterocycles. The van der Waals surface area contributed by atoms with E-state index in [9.17, 15) is 14.3 Å². The normalized spacial score (nSPS) is 11.8. The molecule has 0 bridgehead atoms. The fourth-order valence-corrected chi connectivity index (χ4v) is 2.61. The number of ether oxygens (including phenoxy) is 1. The maximum Gasteiger partial charge on any atom is 0.222 e. The number of hydrogen-bond acceptors (Lipinski definition) is 3. The van der Waals surface area contributed by atoms with E-state index < -0.39 is 6.10 Å². The predicted molar refractivity (Wildman–Crippen MR) is 94.9 cm³/mol. The molecule has 1 unspecified atom stereocenters. The SMILES string of the molecule is COc1ccc(C(O)CN(C)C(=O)CCCc2ccccc2F)cc1. The van der Waals surface area contributed by atoms with E-state index in [1.165, 1.54) is 11.0 Å². The second kappa shape index (κ2) is 9.18. The number of nitrogens with zero attached hydrogens (tertiary/aromatic N) is 1. The van der Waals surface area contributed by atoms with Crippen molar-refractivity contribution in [2.45, 2.75) is 25.4 Å². The lowest BCUT2D eigenvalue weighted by atomic mass is 10.1. The lowest BCUT2D eigenvalue weighted by Gasteiger charge is -2.21. The van der Waals surface area contributed by atoms with Gasteiger partial charge in [-0.25, -0.2) is 4.39 Å². The first-order valence-electron chi connectivity index (χ1n) is 8.30. The quantitative estimate of drug-likeness (QED) is 0.798. The number of carbonyl (C=O) groups is 1.